The maximum Gasteiger partial charge on any atom is 0.317 e. The first-order chi connectivity index (χ1) is 10.0. The van der Waals surface area contributed by atoms with Gasteiger partial charge >= 0.3 is 11.9 Å². The summed E-state index contributed by atoms with van der Waals surface area (Å²) < 4.78 is 11.1. The van der Waals surface area contributed by atoms with Crippen molar-refractivity contribution in [2.75, 3.05) is 26.3 Å². The molecule has 2 N–H and O–H groups in total. The number of hydrogen-bond acceptors (Lipinski definition) is 5. The third-order valence-corrected chi connectivity index (χ3v) is 2.94. The number of carboxylic acid groups (broad SMARTS) is 2. The van der Waals surface area contributed by atoms with Crippen LogP contribution in [0.25, 0.3) is 0 Å². The summed E-state index contributed by atoms with van der Waals surface area (Å²) in [4.78, 5) is 22.9. The van der Waals surface area contributed by atoms with Crippen molar-refractivity contribution in [2.24, 2.45) is 0 Å². The van der Waals surface area contributed by atoms with Gasteiger partial charge in [-0.3, -0.25) is 14.5 Å². The Morgan fingerprint density at radius 3 is 2.29 bits per heavy atom. The molecule has 114 valence electrons. The van der Waals surface area contributed by atoms with E-state index in [1.54, 1.807) is 18.2 Å². The molecule has 7 heteroatoms. The molecule has 0 spiro atoms. The zero-order valence-electron chi connectivity index (χ0n) is 11.4. The van der Waals surface area contributed by atoms with Crippen LogP contribution in [-0.2, 0) is 16.1 Å². The first-order valence-electron chi connectivity index (χ1n) is 6.59. The van der Waals surface area contributed by atoms with Crippen LogP contribution < -0.4 is 9.47 Å². The molecule has 1 aliphatic rings. The number of ether oxygens (including phenoxy) is 2. The molecule has 0 unspecified atom stereocenters. The Morgan fingerprint density at radius 1 is 1.05 bits per heavy atom. The van der Waals surface area contributed by atoms with E-state index in [9.17, 15) is 9.59 Å². The molecule has 0 aromatic heterocycles. The molecular formula is C14H17NO6. The number of benzene rings is 1. The van der Waals surface area contributed by atoms with Gasteiger partial charge in [-0.2, -0.15) is 0 Å². The van der Waals surface area contributed by atoms with Gasteiger partial charge in [0, 0.05) is 13.0 Å². The molecule has 0 radical (unpaired) electrons. The fourth-order valence-corrected chi connectivity index (χ4v) is 2.11. The van der Waals surface area contributed by atoms with E-state index in [0.717, 1.165) is 12.0 Å². The van der Waals surface area contributed by atoms with Crippen molar-refractivity contribution in [3.8, 4) is 11.5 Å². The summed E-state index contributed by atoms with van der Waals surface area (Å²) in [7, 11) is 0. The smallest absolute Gasteiger partial charge is 0.317 e. The number of aliphatic carboxylic acids is 2. The van der Waals surface area contributed by atoms with Gasteiger partial charge in [-0.05, 0) is 17.7 Å². The monoisotopic (exact) mass is 295 g/mol. The molecule has 1 heterocycles. The van der Waals surface area contributed by atoms with Gasteiger partial charge in [0.2, 0.25) is 0 Å². The zero-order valence-corrected chi connectivity index (χ0v) is 11.4. The lowest BCUT2D eigenvalue weighted by Crippen LogP contribution is -2.33. The van der Waals surface area contributed by atoms with E-state index in [1.807, 2.05) is 0 Å². The Balaban J connectivity index is 2.10. The van der Waals surface area contributed by atoms with Crippen molar-refractivity contribution >= 4 is 11.9 Å². The molecule has 0 bridgehead atoms. The predicted octanol–water partition coefficient (Wildman–Crippen LogP) is 0.819. The summed E-state index contributed by atoms with van der Waals surface area (Å²) >= 11 is 0. The summed E-state index contributed by atoms with van der Waals surface area (Å²) in [5, 5.41) is 17.6. The van der Waals surface area contributed by atoms with Crippen molar-refractivity contribution in [2.45, 2.75) is 13.0 Å². The molecule has 1 aromatic carbocycles. The minimum atomic E-state index is -1.06. The number of hydrogen-bond donors (Lipinski definition) is 2. The van der Waals surface area contributed by atoms with Crippen LogP contribution in [-0.4, -0.2) is 53.4 Å². The summed E-state index contributed by atoms with van der Waals surface area (Å²) in [5.41, 5.74) is 0.779. The number of fused-ring (bicyclic) bond motifs is 1. The van der Waals surface area contributed by atoms with Crippen LogP contribution in [0.3, 0.4) is 0 Å². The highest BCUT2D eigenvalue weighted by atomic mass is 16.5. The van der Waals surface area contributed by atoms with E-state index in [2.05, 4.69) is 0 Å². The van der Waals surface area contributed by atoms with Gasteiger partial charge < -0.3 is 19.7 Å². The molecule has 0 atom stereocenters. The average Bonchev–Trinajstić information content (AvgIpc) is 2.61. The number of carboxylic acids is 2. The van der Waals surface area contributed by atoms with Gasteiger partial charge in [0.15, 0.2) is 11.5 Å². The fourth-order valence-electron chi connectivity index (χ4n) is 2.11. The first-order valence-corrected chi connectivity index (χ1v) is 6.59. The van der Waals surface area contributed by atoms with Crippen molar-refractivity contribution in [3.63, 3.8) is 0 Å². The molecule has 0 amide bonds. The van der Waals surface area contributed by atoms with E-state index >= 15 is 0 Å². The Bertz CT molecular complexity index is 514. The topological polar surface area (TPSA) is 96.3 Å². The molecular weight excluding hydrogens is 278 g/mol. The second-order valence-corrected chi connectivity index (χ2v) is 4.76. The van der Waals surface area contributed by atoms with Crippen LogP contribution in [0.15, 0.2) is 18.2 Å². The van der Waals surface area contributed by atoms with Crippen molar-refractivity contribution in [1.82, 2.24) is 4.90 Å². The lowest BCUT2D eigenvalue weighted by molar-refractivity contribution is -0.142. The van der Waals surface area contributed by atoms with Crippen molar-refractivity contribution < 1.29 is 29.3 Å². The van der Waals surface area contributed by atoms with E-state index in [4.69, 9.17) is 19.7 Å². The Kier molecular flexibility index (Phi) is 4.99. The quantitative estimate of drug-likeness (QED) is 0.802. The summed E-state index contributed by atoms with van der Waals surface area (Å²) in [5.74, 6) is -0.869. The highest BCUT2D eigenvalue weighted by Crippen LogP contribution is 2.30. The van der Waals surface area contributed by atoms with Crippen LogP contribution in [0.4, 0.5) is 0 Å². The molecule has 21 heavy (non-hydrogen) atoms. The molecule has 1 aliphatic heterocycles. The summed E-state index contributed by atoms with van der Waals surface area (Å²) in [6, 6.07) is 5.30. The second-order valence-electron chi connectivity index (χ2n) is 4.76. The Morgan fingerprint density at radius 2 is 1.67 bits per heavy atom. The molecule has 0 saturated carbocycles. The fraction of sp³-hybridized carbons (Fsp3) is 0.429. The minimum Gasteiger partial charge on any atom is -0.490 e. The highest BCUT2D eigenvalue weighted by Gasteiger charge is 2.16. The second kappa shape index (κ2) is 6.94. The van der Waals surface area contributed by atoms with Gasteiger partial charge in [-0.25, -0.2) is 0 Å². The van der Waals surface area contributed by atoms with E-state index in [-0.39, 0.29) is 19.6 Å². The van der Waals surface area contributed by atoms with Crippen LogP contribution in [0.2, 0.25) is 0 Å². The number of nitrogens with zero attached hydrogens (tertiary/aromatic N) is 1. The van der Waals surface area contributed by atoms with Crippen molar-refractivity contribution in [1.29, 1.82) is 0 Å². The third kappa shape index (κ3) is 4.64. The third-order valence-electron chi connectivity index (χ3n) is 2.94. The molecule has 2 rings (SSSR count). The Labute approximate surface area is 121 Å². The standard InChI is InChI=1S/C14H17NO6/c16-13(17)8-15(9-14(18)19)7-10-2-3-11-12(6-10)21-5-1-4-20-11/h2-3,6H,1,4-5,7-9H2,(H,16,17)(H,18,19). The lowest BCUT2D eigenvalue weighted by atomic mass is 10.2. The first kappa shape index (κ1) is 15.1. The molecule has 0 aliphatic carbocycles. The predicted molar refractivity (Wildman–Crippen MR) is 72.6 cm³/mol. The maximum atomic E-state index is 10.8. The van der Waals surface area contributed by atoms with Crippen LogP contribution >= 0.6 is 0 Å². The van der Waals surface area contributed by atoms with E-state index in [0.29, 0.717) is 24.7 Å². The normalized spacial score (nSPS) is 13.8. The molecule has 7 nitrogen and oxygen atoms in total. The van der Waals surface area contributed by atoms with Crippen molar-refractivity contribution in [3.05, 3.63) is 23.8 Å². The van der Waals surface area contributed by atoms with Gasteiger partial charge in [0.05, 0.1) is 26.3 Å². The van der Waals surface area contributed by atoms with Crippen LogP contribution in [0.1, 0.15) is 12.0 Å². The minimum absolute atomic E-state index is 0.217. The van der Waals surface area contributed by atoms with E-state index in [1.165, 1.54) is 4.90 Å². The van der Waals surface area contributed by atoms with Gasteiger partial charge in [0.1, 0.15) is 0 Å². The zero-order chi connectivity index (χ0) is 15.2. The van der Waals surface area contributed by atoms with Gasteiger partial charge in [-0.1, -0.05) is 6.07 Å². The van der Waals surface area contributed by atoms with E-state index < -0.39 is 11.9 Å². The van der Waals surface area contributed by atoms with Crippen LogP contribution in [0.5, 0.6) is 11.5 Å². The Hall–Kier alpha value is -2.28. The molecule has 1 aromatic rings. The maximum absolute atomic E-state index is 10.8. The highest BCUT2D eigenvalue weighted by molar-refractivity contribution is 5.72. The summed E-state index contributed by atoms with van der Waals surface area (Å²) in [6.07, 6.45) is 0.800. The van der Waals surface area contributed by atoms with Gasteiger partial charge in [0.25, 0.3) is 0 Å². The molecule has 0 saturated heterocycles. The van der Waals surface area contributed by atoms with Crippen LogP contribution in [0, 0.1) is 0 Å². The number of carbonyl (C=O) groups is 2. The SMILES string of the molecule is O=C(O)CN(CC(=O)O)Cc1ccc2c(c1)OCCCO2. The molecule has 0 fully saturated rings. The average molecular weight is 295 g/mol. The largest absolute Gasteiger partial charge is 0.490 e. The van der Waals surface area contributed by atoms with Gasteiger partial charge in [-0.15, -0.1) is 0 Å². The summed E-state index contributed by atoms with van der Waals surface area (Å²) in [6.45, 7) is 0.706. The number of rotatable bonds is 6. The lowest BCUT2D eigenvalue weighted by Gasteiger charge is -2.18.